The Morgan fingerprint density at radius 1 is 0.941 bits per heavy atom. The Labute approximate surface area is 199 Å². The van der Waals surface area contributed by atoms with Gasteiger partial charge in [-0.2, -0.15) is 0 Å². The number of hydrogen-bond acceptors (Lipinski definition) is 4. The van der Waals surface area contributed by atoms with Crippen LogP contribution in [0.1, 0.15) is 42.1 Å². The van der Waals surface area contributed by atoms with Gasteiger partial charge in [-0.15, -0.1) is 0 Å². The van der Waals surface area contributed by atoms with Crippen LogP contribution in [0.2, 0.25) is 0 Å². The van der Waals surface area contributed by atoms with E-state index in [1.165, 1.54) is 0 Å². The van der Waals surface area contributed by atoms with Crippen LogP contribution in [0.15, 0.2) is 84.4 Å². The van der Waals surface area contributed by atoms with Crippen molar-refractivity contribution < 1.29 is 19.1 Å². The van der Waals surface area contributed by atoms with Gasteiger partial charge in [0, 0.05) is 5.56 Å². The first kappa shape index (κ1) is 23.1. The number of benzene rings is 3. The molecule has 0 aromatic heterocycles. The molecule has 174 valence electrons. The van der Waals surface area contributed by atoms with E-state index in [-0.39, 0.29) is 6.10 Å². The minimum atomic E-state index is -0.747. The molecule has 4 rings (SSSR count). The number of para-hydroxylation sites is 1. The summed E-state index contributed by atoms with van der Waals surface area (Å²) in [4.78, 5) is 26.0. The van der Waals surface area contributed by atoms with E-state index < -0.39 is 18.0 Å². The summed E-state index contributed by atoms with van der Waals surface area (Å²) in [6.07, 6.45) is -0.317. The monoisotopic (exact) mass is 456 g/mol. The molecule has 0 bridgehead atoms. The number of esters is 1. The first-order valence-corrected chi connectivity index (χ1v) is 11.3. The fraction of sp³-hybridized carbons (Fsp3) is 0.214. The molecule has 1 heterocycles. The molecule has 3 aromatic rings. The summed E-state index contributed by atoms with van der Waals surface area (Å²) in [5.41, 5.74) is 4.33. The average Bonchev–Trinajstić information content (AvgIpc) is 2.83. The van der Waals surface area contributed by atoms with Crippen LogP contribution in [0, 0.1) is 6.92 Å². The van der Waals surface area contributed by atoms with Crippen molar-refractivity contribution in [1.82, 2.24) is 10.6 Å². The molecule has 1 aliphatic rings. The standard InChI is InChI=1S/C28H28N2O4/c1-18(2)34-27(31)24-25(20-12-5-4-6-13-20)29-28(32)30-26(24)22-15-9-10-16-23(22)33-17-21-14-8-7-11-19(21)3/h4-16,18,26H,17H2,1-3H3,(H2,29,30,32). The zero-order valence-electron chi connectivity index (χ0n) is 19.5. The van der Waals surface area contributed by atoms with Crippen molar-refractivity contribution in [2.24, 2.45) is 0 Å². The van der Waals surface area contributed by atoms with Gasteiger partial charge in [0.1, 0.15) is 12.4 Å². The summed E-state index contributed by atoms with van der Waals surface area (Å²) in [5.74, 6) is 0.0836. The summed E-state index contributed by atoms with van der Waals surface area (Å²) in [5, 5.41) is 5.71. The third-order valence-corrected chi connectivity index (χ3v) is 5.57. The molecule has 6 heteroatoms. The number of ether oxygens (including phenoxy) is 2. The van der Waals surface area contributed by atoms with Gasteiger partial charge in [0.25, 0.3) is 0 Å². The number of carbonyl (C=O) groups excluding carboxylic acids is 2. The molecule has 34 heavy (non-hydrogen) atoms. The summed E-state index contributed by atoms with van der Waals surface area (Å²) >= 11 is 0. The van der Waals surface area contributed by atoms with E-state index in [0.717, 1.165) is 16.7 Å². The van der Waals surface area contributed by atoms with E-state index in [1.54, 1.807) is 13.8 Å². The number of nitrogens with one attached hydrogen (secondary N) is 2. The SMILES string of the molecule is Cc1ccccc1COc1ccccc1C1NC(=O)NC(c2ccccc2)=C1C(=O)OC(C)C. The summed E-state index contributed by atoms with van der Waals surface area (Å²) in [6, 6.07) is 23.6. The Balaban J connectivity index is 1.78. The molecular formula is C28H28N2O4. The van der Waals surface area contributed by atoms with Gasteiger partial charge >= 0.3 is 12.0 Å². The maximum Gasteiger partial charge on any atom is 0.338 e. The summed E-state index contributed by atoms with van der Waals surface area (Å²) in [7, 11) is 0. The molecule has 3 aromatic carbocycles. The second-order valence-electron chi connectivity index (χ2n) is 8.39. The van der Waals surface area contributed by atoms with E-state index in [0.29, 0.717) is 29.2 Å². The third-order valence-electron chi connectivity index (χ3n) is 5.57. The Morgan fingerprint density at radius 2 is 1.62 bits per heavy atom. The van der Waals surface area contributed by atoms with Crippen LogP contribution in [0.5, 0.6) is 5.75 Å². The van der Waals surface area contributed by atoms with Gasteiger partial charge in [-0.25, -0.2) is 9.59 Å². The Hall–Kier alpha value is -4.06. The van der Waals surface area contributed by atoms with Crippen molar-refractivity contribution in [3.8, 4) is 5.75 Å². The van der Waals surface area contributed by atoms with E-state index in [9.17, 15) is 9.59 Å². The third kappa shape index (κ3) is 5.12. The second-order valence-corrected chi connectivity index (χ2v) is 8.39. The fourth-order valence-corrected chi connectivity index (χ4v) is 3.91. The van der Waals surface area contributed by atoms with Gasteiger partial charge in [0.2, 0.25) is 0 Å². The molecule has 0 saturated heterocycles. The van der Waals surface area contributed by atoms with E-state index >= 15 is 0 Å². The maximum absolute atomic E-state index is 13.3. The molecule has 1 unspecified atom stereocenters. The Kier molecular flexibility index (Phi) is 6.97. The molecule has 0 fully saturated rings. The maximum atomic E-state index is 13.3. The number of urea groups is 1. The van der Waals surface area contributed by atoms with E-state index in [1.807, 2.05) is 85.8 Å². The van der Waals surface area contributed by atoms with Crippen molar-refractivity contribution in [3.63, 3.8) is 0 Å². The normalized spacial score (nSPS) is 15.5. The molecule has 1 aliphatic heterocycles. The molecule has 2 N–H and O–H groups in total. The highest BCUT2D eigenvalue weighted by atomic mass is 16.5. The highest BCUT2D eigenvalue weighted by molar-refractivity contribution is 6.04. The molecule has 0 radical (unpaired) electrons. The number of carbonyl (C=O) groups is 2. The number of aryl methyl sites for hydroxylation is 1. The van der Waals surface area contributed by atoms with Crippen LogP contribution in [-0.2, 0) is 16.1 Å². The predicted octanol–water partition coefficient (Wildman–Crippen LogP) is 5.29. The predicted molar refractivity (Wildman–Crippen MR) is 131 cm³/mol. The molecule has 6 nitrogen and oxygen atoms in total. The van der Waals surface area contributed by atoms with Crippen molar-refractivity contribution in [1.29, 1.82) is 0 Å². The highest BCUT2D eigenvalue weighted by Crippen LogP contribution is 2.36. The van der Waals surface area contributed by atoms with Gasteiger partial charge in [0.05, 0.1) is 23.4 Å². The van der Waals surface area contributed by atoms with Crippen LogP contribution in [0.25, 0.3) is 5.70 Å². The van der Waals surface area contributed by atoms with Crippen LogP contribution in [0.3, 0.4) is 0 Å². The topological polar surface area (TPSA) is 76.7 Å². The molecule has 2 amide bonds. The van der Waals surface area contributed by atoms with Crippen LogP contribution in [0.4, 0.5) is 4.79 Å². The fourth-order valence-electron chi connectivity index (χ4n) is 3.91. The van der Waals surface area contributed by atoms with Crippen molar-refractivity contribution in [2.75, 3.05) is 0 Å². The first-order valence-electron chi connectivity index (χ1n) is 11.3. The molecule has 0 saturated carbocycles. The van der Waals surface area contributed by atoms with Crippen LogP contribution >= 0.6 is 0 Å². The van der Waals surface area contributed by atoms with Crippen molar-refractivity contribution in [2.45, 2.75) is 39.5 Å². The van der Waals surface area contributed by atoms with Crippen molar-refractivity contribution in [3.05, 3.63) is 107 Å². The average molecular weight is 457 g/mol. The van der Waals surface area contributed by atoms with Crippen molar-refractivity contribution >= 4 is 17.7 Å². The zero-order chi connectivity index (χ0) is 24.1. The number of hydrogen-bond donors (Lipinski definition) is 2. The largest absolute Gasteiger partial charge is 0.489 e. The zero-order valence-corrected chi connectivity index (χ0v) is 19.5. The summed E-state index contributed by atoms with van der Waals surface area (Å²) < 4.78 is 11.8. The Bertz CT molecular complexity index is 1220. The van der Waals surface area contributed by atoms with E-state index in [4.69, 9.17) is 9.47 Å². The van der Waals surface area contributed by atoms with Gasteiger partial charge in [0.15, 0.2) is 0 Å². The highest BCUT2D eigenvalue weighted by Gasteiger charge is 2.36. The minimum absolute atomic E-state index is 0.317. The minimum Gasteiger partial charge on any atom is -0.489 e. The Morgan fingerprint density at radius 3 is 2.35 bits per heavy atom. The van der Waals surface area contributed by atoms with Crippen LogP contribution in [-0.4, -0.2) is 18.1 Å². The second kappa shape index (κ2) is 10.3. The molecule has 0 spiro atoms. The van der Waals surface area contributed by atoms with Gasteiger partial charge in [-0.3, -0.25) is 0 Å². The lowest BCUT2D eigenvalue weighted by atomic mass is 9.92. The smallest absolute Gasteiger partial charge is 0.338 e. The number of rotatable bonds is 7. The van der Waals surface area contributed by atoms with Crippen LogP contribution < -0.4 is 15.4 Å². The summed E-state index contributed by atoms with van der Waals surface area (Å²) in [6.45, 7) is 5.99. The molecular weight excluding hydrogens is 428 g/mol. The van der Waals surface area contributed by atoms with E-state index in [2.05, 4.69) is 10.6 Å². The van der Waals surface area contributed by atoms with Gasteiger partial charge in [-0.05, 0) is 43.5 Å². The quantitative estimate of drug-likeness (QED) is 0.474. The first-order chi connectivity index (χ1) is 16.4. The molecule has 0 aliphatic carbocycles. The lowest BCUT2D eigenvalue weighted by molar-refractivity contribution is -0.143. The number of amides is 2. The molecule has 1 atom stereocenters. The van der Waals surface area contributed by atoms with Gasteiger partial charge < -0.3 is 20.1 Å². The lowest BCUT2D eigenvalue weighted by Gasteiger charge is -2.31. The van der Waals surface area contributed by atoms with Gasteiger partial charge in [-0.1, -0.05) is 72.8 Å². The lowest BCUT2D eigenvalue weighted by Crippen LogP contribution is -2.45.